The number of fused-ring (bicyclic) bond motifs is 1. The van der Waals surface area contributed by atoms with Crippen LogP contribution in [0.25, 0.3) is 0 Å². The molecule has 7 nitrogen and oxygen atoms in total. The molecular weight excluding hydrogens is 360 g/mol. The SMILES string of the molecule is CCN(CCC(=O)O)C(=O)c1cccc(NC(=O)C2Cc3ccccc3O2)c1. The molecule has 0 bridgehead atoms. The fourth-order valence-electron chi connectivity index (χ4n) is 3.10. The molecular formula is C21H22N2O5. The van der Waals surface area contributed by atoms with Gasteiger partial charge in [-0.3, -0.25) is 14.4 Å². The topological polar surface area (TPSA) is 95.9 Å². The molecule has 1 aliphatic heterocycles. The van der Waals surface area contributed by atoms with Crippen molar-refractivity contribution in [1.29, 1.82) is 0 Å². The number of carbonyl (C=O) groups is 3. The maximum Gasteiger partial charge on any atom is 0.305 e. The number of carboxylic acid groups (broad SMARTS) is 1. The molecule has 1 aliphatic rings. The number of carboxylic acids is 1. The van der Waals surface area contributed by atoms with Crippen molar-refractivity contribution in [3.05, 3.63) is 59.7 Å². The molecule has 2 aromatic carbocycles. The van der Waals surface area contributed by atoms with Crippen LogP contribution in [0.2, 0.25) is 0 Å². The van der Waals surface area contributed by atoms with Gasteiger partial charge in [-0.1, -0.05) is 24.3 Å². The van der Waals surface area contributed by atoms with E-state index >= 15 is 0 Å². The number of nitrogens with zero attached hydrogens (tertiary/aromatic N) is 1. The highest BCUT2D eigenvalue weighted by atomic mass is 16.5. The van der Waals surface area contributed by atoms with Crippen molar-refractivity contribution in [3.8, 4) is 5.75 Å². The summed E-state index contributed by atoms with van der Waals surface area (Å²) >= 11 is 0. The lowest BCUT2D eigenvalue weighted by molar-refractivity contribution is -0.137. The highest BCUT2D eigenvalue weighted by molar-refractivity contribution is 5.98. The van der Waals surface area contributed by atoms with E-state index in [1.807, 2.05) is 24.3 Å². The van der Waals surface area contributed by atoms with Gasteiger partial charge in [-0.2, -0.15) is 0 Å². The summed E-state index contributed by atoms with van der Waals surface area (Å²) < 4.78 is 5.69. The Hall–Kier alpha value is -3.35. The van der Waals surface area contributed by atoms with Crippen LogP contribution in [0.4, 0.5) is 5.69 Å². The second kappa shape index (κ2) is 8.56. The van der Waals surface area contributed by atoms with E-state index < -0.39 is 12.1 Å². The van der Waals surface area contributed by atoms with E-state index in [0.29, 0.717) is 30.0 Å². The van der Waals surface area contributed by atoms with Crippen molar-refractivity contribution in [3.63, 3.8) is 0 Å². The van der Waals surface area contributed by atoms with Gasteiger partial charge < -0.3 is 20.1 Å². The van der Waals surface area contributed by atoms with Crippen LogP contribution in [0, 0.1) is 0 Å². The monoisotopic (exact) mass is 382 g/mol. The number of benzene rings is 2. The highest BCUT2D eigenvalue weighted by Gasteiger charge is 2.29. The van der Waals surface area contributed by atoms with Crippen LogP contribution in [0.15, 0.2) is 48.5 Å². The minimum atomic E-state index is -0.954. The molecule has 1 heterocycles. The summed E-state index contributed by atoms with van der Waals surface area (Å²) in [6.45, 7) is 2.33. The number of ether oxygens (including phenoxy) is 1. The Kier molecular flexibility index (Phi) is 5.93. The van der Waals surface area contributed by atoms with Crippen molar-refractivity contribution in [2.45, 2.75) is 25.9 Å². The molecule has 0 radical (unpaired) electrons. The summed E-state index contributed by atoms with van der Waals surface area (Å²) in [6.07, 6.45) is -0.228. The summed E-state index contributed by atoms with van der Waals surface area (Å²) in [5, 5.41) is 11.6. The van der Waals surface area contributed by atoms with Gasteiger partial charge in [0.15, 0.2) is 6.10 Å². The molecule has 7 heteroatoms. The number of hydrogen-bond acceptors (Lipinski definition) is 4. The van der Waals surface area contributed by atoms with Gasteiger partial charge in [0.25, 0.3) is 11.8 Å². The smallest absolute Gasteiger partial charge is 0.305 e. The normalized spacial score (nSPS) is 14.7. The molecule has 146 valence electrons. The predicted octanol–water partition coefficient (Wildman–Crippen LogP) is 2.57. The number of hydrogen-bond donors (Lipinski definition) is 2. The van der Waals surface area contributed by atoms with E-state index in [9.17, 15) is 14.4 Å². The summed E-state index contributed by atoms with van der Waals surface area (Å²) in [5.41, 5.74) is 1.87. The first-order chi connectivity index (χ1) is 13.5. The van der Waals surface area contributed by atoms with Crippen LogP contribution in [0.5, 0.6) is 5.75 Å². The summed E-state index contributed by atoms with van der Waals surface area (Å²) in [6, 6.07) is 14.1. The van der Waals surface area contributed by atoms with Gasteiger partial charge in [-0.15, -0.1) is 0 Å². The van der Waals surface area contributed by atoms with Crippen molar-refractivity contribution in [1.82, 2.24) is 4.90 Å². The van der Waals surface area contributed by atoms with E-state index in [0.717, 1.165) is 5.56 Å². The zero-order valence-corrected chi connectivity index (χ0v) is 15.6. The van der Waals surface area contributed by atoms with E-state index in [1.165, 1.54) is 4.90 Å². The molecule has 0 aromatic heterocycles. The van der Waals surface area contributed by atoms with Gasteiger partial charge >= 0.3 is 5.97 Å². The first-order valence-corrected chi connectivity index (χ1v) is 9.14. The molecule has 0 saturated carbocycles. The lowest BCUT2D eigenvalue weighted by Gasteiger charge is -2.20. The van der Waals surface area contributed by atoms with Crippen LogP contribution in [0.1, 0.15) is 29.3 Å². The molecule has 1 unspecified atom stereocenters. The average Bonchev–Trinajstić information content (AvgIpc) is 3.13. The lowest BCUT2D eigenvalue weighted by Crippen LogP contribution is -2.33. The molecule has 0 aliphatic carbocycles. The molecule has 0 spiro atoms. The van der Waals surface area contributed by atoms with E-state index in [2.05, 4.69) is 5.32 Å². The second-order valence-electron chi connectivity index (χ2n) is 6.52. The number of carbonyl (C=O) groups excluding carboxylic acids is 2. The number of para-hydroxylation sites is 1. The number of rotatable bonds is 7. The third-order valence-corrected chi connectivity index (χ3v) is 4.58. The Labute approximate surface area is 162 Å². The van der Waals surface area contributed by atoms with Gasteiger partial charge in [-0.05, 0) is 36.8 Å². The third-order valence-electron chi connectivity index (χ3n) is 4.58. The molecule has 1 atom stereocenters. The van der Waals surface area contributed by atoms with Crippen LogP contribution >= 0.6 is 0 Å². The van der Waals surface area contributed by atoms with Crippen molar-refractivity contribution in [2.75, 3.05) is 18.4 Å². The number of amides is 2. The van der Waals surface area contributed by atoms with E-state index in [-0.39, 0.29) is 24.8 Å². The maximum absolute atomic E-state index is 12.6. The number of aliphatic carboxylic acids is 1. The largest absolute Gasteiger partial charge is 0.481 e. The first-order valence-electron chi connectivity index (χ1n) is 9.14. The van der Waals surface area contributed by atoms with Crippen molar-refractivity contribution >= 4 is 23.5 Å². The minimum absolute atomic E-state index is 0.115. The first kappa shape index (κ1) is 19.4. The van der Waals surface area contributed by atoms with Gasteiger partial charge in [-0.25, -0.2) is 0 Å². The Morgan fingerprint density at radius 1 is 1.18 bits per heavy atom. The third kappa shape index (κ3) is 4.49. The quantitative estimate of drug-likeness (QED) is 0.767. The fraction of sp³-hybridized carbons (Fsp3) is 0.286. The van der Waals surface area contributed by atoms with E-state index in [1.54, 1.807) is 31.2 Å². The van der Waals surface area contributed by atoms with Crippen molar-refractivity contribution < 1.29 is 24.2 Å². The number of anilines is 1. The van der Waals surface area contributed by atoms with Gasteiger partial charge in [0.2, 0.25) is 0 Å². The minimum Gasteiger partial charge on any atom is -0.481 e. The zero-order chi connectivity index (χ0) is 20.1. The van der Waals surface area contributed by atoms with Crippen molar-refractivity contribution in [2.24, 2.45) is 0 Å². The highest BCUT2D eigenvalue weighted by Crippen LogP contribution is 2.28. The molecule has 0 fully saturated rings. The number of nitrogens with one attached hydrogen (secondary N) is 1. The van der Waals surface area contributed by atoms with Crippen LogP contribution in [0.3, 0.4) is 0 Å². The Morgan fingerprint density at radius 2 is 1.96 bits per heavy atom. The maximum atomic E-state index is 12.6. The second-order valence-corrected chi connectivity index (χ2v) is 6.52. The van der Waals surface area contributed by atoms with Crippen LogP contribution in [-0.2, 0) is 16.0 Å². The van der Waals surface area contributed by atoms with Gasteiger partial charge in [0.1, 0.15) is 5.75 Å². The predicted molar refractivity (Wildman–Crippen MR) is 103 cm³/mol. The summed E-state index contributed by atoms with van der Waals surface area (Å²) in [5.74, 6) is -0.795. The standard InChI is InChI=1S/C21H22N2O5/c1-2-23(11-10-19(24)25)21(27)15-7-5-8-16(12-15)22-20(26)18-13-14-6-3-4-9-17(14)28-18/h3-9,12,18H,2,10-11,13H2,1H3,(H,22,26)(H,24,25). The van der Waals surface area contributed by atoms with Gasteiger partial charge in [0.05, 0.1) is 6.42 Å². The molecule has 28 heavy (non-hydrogen) atoms. The summed E-state index contributed by atoms with van der Waals surface area (Å²) in [4.78, 5) is 37.4. The molecule has 3 rings (SSSR count). The fourth-order valence-corrected chi connectivity index (χ4v) is 3.10. The molecule has 2 N–H and O–H groups in total. The molecule has 0 saturated heterocycles. The van der Waals surface area contributed by atoms with Crippen LogP contribution in [-0.4, -0.2) is 47.0 Å². The van der Waals surface area contributed by atoms with E-state index in [4.69, 9.17) is 9.84 Å². The zero-order valence-electron chi connectivity index (χ0n) is 15.6. The molecule has 2 aromatic rings. The summed E-state index contributed by atoms with van der Waals surface area (Å²) in [7, 11) is 0. The lowest BCUT2D eigenvalue weighted by atomic mass is 10.1. The Balaban J connectivity index is 1.65. The molecule has 2 amide bonds. The Bertz CT molecular complexity index is 871. The average molecular weight is 382 g/mol. The Morgan fingerprint density at radius 3 is 2.68 bits per heavy atom. The van der Waals surface area contributed by atoms with Crippen LogP contribution < -0.4 is 10.1 Å². The van der Waals surface area contributed by atoms with Gasteiger partial charge in [0, 0.05) is 30.8 Å².